The standard InChI is InChI=1S/C14H13ClN2O6S2/c15-11-5-12(17-6-9-2-1-3-22-9)10(4-13(11)25(16,19)20)14(24)23-8-21-7-18/h1-5,7,17H,6,8H2,(H2,16,19,20). The van der Waals surface area contributed by atoms with E-state index in [9.17, 15) is 13.2 Å². The van der Waals surface area contributed by atoms with Gasteiger partial charge in [-0.15, -0.1) is 0 Å². The van der Waals surface area contributed by atoms with Crippen LogP contribution in [0.1, 0.15) is 11.3 Å². The molecule has 0 unspecified atom stereocenters. The molecule has 1 aromatic carbocycles. The SMILES string of the molecule is NS(=O)(=O)c1cc(C(=S)OCOC=O)c(NCc2ccco2)cc1Cl. The zero-order valence-corrected chi connectivity index (χ0v) is 15.0. The lowest BCUT2D eigenvalue weighted by molar-refractivity contribution is -0.135. The zero-order valence-electron chi connectivity index (χ0n) is 12.6. The van der Waals surface area contributed by atoms with Crippen LogP contribution in [-0.2, 0) is 30.8 Å². The number of nitrogens with two attached hydrogens (primary N) is 1. The quantitative estimate of drug-likeness (QED) is 0.296. The fourth-order valence-electron chi connectivity index (χ4n) is 1.88. The van der Waals surface area contributed by atoms with Crippen molar-refractivity contribution >= 4 is 51.1 Å². The minimum absolute atomic E-state index is 0.0832. The summed E-state index contributed by atoms with van der Waals surface area (Å²) in [7, 11) is -4.07. The van der Waals surface area contributed by atoms with Gasteiger partial charge in [-0.05, 0) is 36.5 Å². The fourth-order valence-corrected chi connectivity index (χ4v) is 3.19. The molecule has 0 bridgehead atoms. The molecule has 0 saturated heterocycles. The number of benzene rings is 1. The molecular weight excluding hydrogens is 392 g/mol. The number of carbonyl (C=O) groups excluding carboxylic acids is 1. The predicted molar refractivity (Wildman–Crippen MR) is 93.7 cm³/mol. The van der Waals surface area contributed by atoms with Crippen LogP contribution in [0.15, 0.2) is 39.8 Å². The van der Waals surface area contributed by atoms with Crippen LogP contribution in [-0.4, -0.2) is 26.7 Å². The van der Waals surface area contributed by atoms with Crippen LogP contribution < -0.4 is 10.5 Å². The summed E-state index contributed by atoms with van der Waals surface area (Å²) < 4.78 is 38.0. The first kappa shape index (κ1) is 19.2. The van der Waals surface area contributed by atoms with Crippen LogP contribution in [0, 0.1) is 0 Å². The number of thiocarbonyl (C=S) groups is 1. The molecule has 0 aliphatic carbocycles. The highest BCUT2D eigenvalue weighted by Crippen LogP contribution is 2.29. The summed E-state index contributed by atoms with van der Waals surface area (Å²) in [5, 5.41) is 7.97. The maximum absolute atomic E-state index is 11.6. The Balaban J connectivity index is 2.36. The van der Waals surface area contributed by atoms with Gasteiger partial charge in [0.05, 0.1) is 23.4 Å². The van der Waals surface area contributed by atoms with Gasteiger partial charge in [-0.1, -0.05) is 11.6 Å². The molecule has 0 aliphatic heterocycles. The van der Waals surface area contributed by atoms with Gasteiger partial charge in [-0.3, -0.25) is 4.79 Å². The smallest absolute Gasteiger partial charge is 0.295 e. The van der Waals surface area contributed by atoms with Crippen molar-refractivity contribution in [2.24, 2.45) is 5.14 Å². The minimum Gasteiger partial charge on any atom is -0.467 e. The van der Waals surface area contributed by atoms with E-state index in [4.69, 9.17) is 38.1 Å². The largest absolute Gasteiger partial charge is 0.467 e. The van der Waals surface area contributed by atoms with Crippen molar-refractivity contribution < 1.29 is 27.1 Å². The number of carbonyl (C=O) groups is 1. The third-order valence-electron chi connectivity index (χ3n) is 2.96. The molecule has 0 saturated carbocycles. The van der Waals surface area contributed by atoms with Crippen molar-refractivity contribution in [1.29, 1.82) is 0 Å². The first-order valence-corrected chi connectivity index (χ1v) is 9.01. The van der Waals surface area contributed by atoms with Gasteiger partial charge in [0.2, 0.25) is 16.8 Å². The molecule has 2 aromatic rings. The average molecular weight is 405 g/mol. The number of primary sulfonamides is 1. The van der Waals surface area contributed by atoms with Crippen molar-refractivity contribution in [3.63, 3.8) is 0 Å². The molecule has 1 heterocycles. The van der Waals surface area contributed by atoms with E-state index in [0.717, 1.165) is 0 Å². The Bertz CT molecular complexity index is 868. The molecule has 8 nitrogen and oxygen atoms in total. The molecule has 0 aliphatic rings. The summed E-state index contributed by atoms with van der Waals surface area (Å²) in [5.74, 6) is 0.633. The molecule has 0 amide bonds. The van der Waals surface area contributed by atoms with Crippen LogP contribution in [0.2, 0.25) is 5.02 Å². The molecule has 134 valence electrons. The number of furan rings is 1. The highest BCUT2D eigenvalue weighted by atomic mass is 35.5. The summed E-state index contributed by atoms with van der Waals surface area (Å²) in [5.41, 5.74) is 0.606. The summed E-state index contributed by atoms with van der Waals surface area (Å²) in [6, 6.07) is 6.01. The van der Waals surface area contributed by atoms with E-state index in [-0.39, 0.29) is 27.0 Å². The van der Waals surface area contributed by atoms with Crippen LogP contribution >= 0.6 is 23.8 Å². The van der Waals surface area contributed by atoms with E-state index in [0.29, 0.717) is 18.0 Å². The fraction of sp³-hybridized carbons (Fsp3) is 0.143. The highest BCUT2D eigenvalue weighted by Gasteiger charge is 2.20. The second-order valence-electron chi connectivity index (χ2n) is 4.62. The minimum atomic E-state index is -4.07. The number of hydrogen-bond acceptors (Lipinski definition) is 8. The van der Waals surface area contributed by atoms with Gasteiger partial charge < -0.3 is 19.2 Å². The predicted octanol–water partition coefficient (Wildman–Crippen LogP) is 2.02. The topological polar surface area (TPSA) is 121 Å². The van der Waals surface area contributed by atoms with Gasteiger partial charge in [0.15, 0.2) is 5.05 Å². The number of ether oxygens (including phenoxy) is 2. The first-order chi connectivity index (χ1) is 11.8. The van der Waals surface area contributed by atoms with Gasteiger partial charge in [-0.25, -0.2) is 13.6 Å². The van der Waals surface area contributed by atoms with E-state index < -0.39 is 16.8 Å². The lowest BCUT2D eigenvalue weighted by Crippen LogP contribution is -2.16. The Morgan fingerprint density at radius 2 is 2.20 bits per heavy atom. The van der Waals surface area contributed by atoms with Gasteiger partial charge in [0.25, 0.3) is 6.47 Å². The second-order valence-corrected chi connectivity index (χ2v) is 6.93. The molecule has 0 fully saturated rings. The number of hydrogen-bond donors (Lipinski definition) is 2. The van der Waals surface area contributed by atoms with Crippen LogP contribution in [0.25, 0.3) is 0 Å². The maximum atomic E-state index is 11.6. The van der Waals surface area contributed by atoms with Crippen LogP contribution in [0.5, 0.6) is 0 Å². The van der Waals surface area contributed by atoms with E-state index in [1.165, 1.54) is 18.4 Å². The zero-order chi connectivity index (χ0) is 18.4. The van der Waals surface area contributed by atoms with E-state index in [1.54, 1.807) is 12.1 Å². The number of nitrogens with one attached hydrogen (secondary N) is 1. The Labute approximate surface area is 153 Å². The number of halogens is 1. The lowest BCUT2D eigenvalue weighted by atomic mass is 10.2. The van der Waals surface area contributed by atoms with E-state index >= 15 is 0 Å². The molecule has 0 spiro atoms. The lowest BCUT2D eigenvalue weighted by Gasteiger charge is -2.15. The number of rotatable bonds is 8. The Hall–Kier alpha value is -2.14. The average Bonchev–Trinajstić information content (AvgIpc) is 3.05. The van der Waals surface area contributed by atoms with Crippen molar-refractivity contribution in [3.8, 4) is 0 Å². The second kappa shape index (κ2) is 8.30. The Morgan fingerprint density at radius 1 is 1.44 bits per heavy atom. The normalized spacial score (nSPS) is 11.0. The van der Waals surface area contributed by atoms with Gasteiger partial charge >= 0.3 is 0 Å². The number of anilines is 1. The molecule has 11 heteroatoms. The van der Waals surface area contributed by atoms with Crippen LogP contribution in [0.3, 0.4) is 0 Å². The molecule has 1 aromatic heterocycles. The highest BCUT2D eigenvalue weighted by molar-refractivity contribution is 7.89. The molecule has 25 heavy (non-hydrogen) atoms. The molecule has 0 radical (unpaired) electrons. The first-order valence-electron chi connectivity index (χ1n) is 6.68. The molecule has 2 rings (SSSR count). The van der Waals surface area contributed by atoms with E-state index in [1.807, 2.05) is 0 Å². The maximum Gasteiger partial charge on any atom is 0.295 e. The van der Waals surface area contributed by atoms with Crippen LogP contribution in [0.4, 0.5) is 5.69 Å². The third kappa shape index (κ3) is 5.16. The monoisotopic (exact) mass is 404 g/mol. The van der Waals surface area contributed by atoms with Crippen molar-refractivity contribution in [3.05, 3.63) is 46.9 Å². The van der Waals surface area contributed by atoms with Crippen molar-refractivity contribution in [2.75, 3.05) is 12.1 Å². The molecule has 3 N–H and O–H groups in total. The van der Waals surface area contributed by atoms with Gasteiger partial charge in [-0.2, -0.15) is 0 Å². The summed E-state index contributed by atoms with van der Waals surface area (Å²) in [6.45, 7) is 0.0576. The Morgan fingerprint density at radius 3 is 2.80 bits per heavy atom. The Kier molecular flexibility index (Phi) is 6.37. The van der Waals surface area contributed by atoms with Crippen molar-refractivity contribution in [1.82, 2.24) is 0 Å². The van der Waals surface area contributed by atoms with Gasteiger partial charge in [0, 0.05) is 5.69 Å². The third-order valence-corrected chi connectivity index (χ3v) is 4.67. The summed E-state index contributed by atoms with van der Waals surface area (Å²) >= 11 is 11.1. The number of sulfonamides is 1. The van der Waals surface area contributed by atoms with Gasteiger partial charge in [0.1, 0.15) is 10.7 Å². The summed E-state index contributed by atoms with van der Waals surface area (Å²) in [6.07, 6.45) is 1.51. The van der Waals surface area contributed by atoms with E-state index in [2.05, 4.69) is 10.1 Å². The van der Waals surface area contributed by atoms with Crippen molar-refractivity contribution in [2.45, 2.75) is 11.4 Å². The summed E-state index contributed by atoms with van der Waals surface area (Å²) in [4.78, 5) is 9.86. The molecular formula is C14H13ClN2O6S2. The molecule has 0 atom stereocenters.